The van der Waals surface area contributed by atoms with Gasteiger partial charge in [-0.05, 0) is 18.4 Å². The fourth-order valence-electron chi connectivity index (χ4n) is 1.36. The lowest BCUT2D eigenvalue weighted by Gasteiger charge is -1.97. The van der Waals surface area contributed by atoms with Crippen molar-refractivity contribution in [2.75, 3.05) is 6.54 Å². The molecule has 0 rings (SSSR count). The lowest BCUT2D eigenvalue weighted by molar-refractivity contribution is 0.602. The molecule has 15 heavy (non-hydrogen) atoms. The second-order valence-electron chi connectivity index (χ2n) is 3.53. The van der Waals surface area contributed by atoms with Crippen LogP contribution in [-0.4, -0.2) is 6.54 Å². The van der Waals surface area contributed by atoms with E-state index in [9.17, 15) is 0 Å². The predicted octanol–water partition coefficient (Wildman–Crippen LogP) is 4.44. The minimum atomic E-state index is 0.651. The maximum absolute atomic E-state index is 8.06. The number of unbranched alkanes of at least 4 members (excludes halogenated alkanes) is 6. The van der Waals surface area contributed by atoms with Crippen LogP contribution >= 0.6 is 0 Å². The highest BCUT2D eigenvalue weighted by molar-refractivity contribution is 4.97. The normalized spacial score (nSPS) is 8.87. The Kier molecular flexibility index (Phi) is 11.9. The summed E-state index contributed by atoms with van der Waals surface area (Å²) >= 11 is 0. The third-order valence-corrected chi connectivity index (χ3v) is 2.17. The summed E-state index contributed by atoms with van der Waals surface area (Å²) in [4.78, 5) is 2.72. The third kappa shape index (κ3) is 12.9. The van der Waals surface area contributed by atoms with Crippen molar-refractivity contribution in [2.24, 2.45) is 5.11 Å². The molecule has 3 nitrogen and oxygen atoms in total. The zero-order valence-corrected chi connectivity index (χ0v) is 9.71. The van der Waals surface area contributed by atoms with Crippen molar-refractivity contribution >= 4 is 0 Å². The zero-order valence-electron chi connectivity index (χ0n) is 9.71. The fraction of sp³-hybridized carbons (Fsp3) is 0.833. The van der Waals surface area contributed by atoms with Gasteiger partial charge in [-0.3, -0.25) is 0 Å². The van der Waals surface area contributed by atoms with Crippen LogP contribution in [0.15, 0.2) is 5.11 Å². The maximum Gasteiger partial charge on any atom is 0.0257 e. The summed E-state index contributed by atoms with van der Waals surface area (Å²) in [5.74, 6) is 6.23. The van der Waals surface area contributed by atoms with Crippen molar-refractivity contribution in [3.05, 3.63) is 10.4 Å². The molecule has 0 atom stereocenters. The molecular weight excluding hydrogens is 186 g/mol. The molecule has 0 aliphatic rings. The molecule has 0 aliphatic carbocycles. The third-order valence-electron chi connectivity index (χ3n) is 2.17. The Labute approximate surface area is 92.9 Å². The van der Waals surface area contributed by atoms with Gasteiger partial charge in [0.2, 0.25) is 0 Å². The zero-order chi connectivity index (χ0) is 11.2. The van der Waals surface area contributed by atoms with Gasteiger partial charge in [-0.1, -0.05) is 37.7 Å². The topological polar surface area (TPSA) is 48.8 Å². The van der Waals surface area contributed by atoms with Gasteiger partial charge in [0.15, 0.2) is 0 Å². The first-order chi connectivity index (χ1) is 7.41. The Balaban J connectivity index is 3.01. The number of rotatable bonds is 8. The number of hydrogen-bond donors (Lipinski definition) is 0. The van der Waals surface area contributed by atoms with Crippen LogP contribution in [0.5, 0.6) is 0 Å². The molecule has 0 heterocycles. The van der Waals surface area contributed by atoms with E-state index in [2.05, 4.69) is 28.8 Å². The molecule has 0 aromatic rings. The van der Waals surface area contributed by atoms with Crippen LogP contribution in [-0.2, 0) is 0 Å². The van der Waals surface area contributed by atoms with Crippen molar-refractivity contribution < 1.29 is 0 Å². The highest BCUT2D eigenvalue weighted by atomic mass is 15.1. The quantitative estimate of drug-likeness (QED) is 0.186. The number of azide groups is 1. The molecule has 0 bridgehead atoms. The average Bonchev–Trinajstić information content (AvgIpc) is 2.26. The SMILES string of the molecule is CCC#CCCCCCCCCN=[N+]=[N-]. The molecule has 3 heteroatoms. The van der Waals surface area contributed by atoms with Gasteiger partial charge in [-0.25, -0.2) is 0 Å². The van der Waals surface area contributed by atoms with Crippen molar-refractivity contribution in [3.63, 3.8) is 0 Å². The van der Waals surface area contributed by atoms with Crippen LogP contribution in [0.2, 0.25) is 0 Å². The smallest absolute Gasteiger partial charge is 0.0257 e. The maximum atomic E-state index is 8.06. The summed E-state index contributed by atoms with van der Waals surface area (Å²) in [7, 11) is 0. The number of hydrogen-bond acceptors (Lipinski definition) is 1. The van der Waals surface area contributed by atoms with Crippen LogP contribution in [0, 0.1) is 11.8 Å². The number of nitrogens with zero attached hydrogens (tertiary/aromatic N) is 3. The Morgan fingerprint density at radius 3 is 2.33 bits per heavy atom. The van der Waals surface area contributed by atoms with Gasteiger partial charge >= 0.3 is 0 Å². The van der Waals surface area contributed by atoms with Gasteiger partial charge in [0, 0.05) is 24.3 Å². The molecule has 0 spiro atoms. The highest BCUT2D eigenvalue weighted by Crippen LogP contribution is 2.06. The first kappa shape index (κ1) is 13.9. The Morgan fingerprint density at radius 2 is 1.67 bits per heavy atom. The molecule has 0 aromatic heterocycles. The first-order valence-electron chi connectivity index (χ1n) is 5.88. The molecule has 0 fully saturated rings. The van der Waals surface area contributed by atoms with Crippen LogP contribution in [0.25, 0.3) is 10.4 Å². The summed E-state index contributed by atoms with van der Waals surface area (Å²) in [6.07, 6.45) is 9.26. The van der Waals surface area contributed by atoms with Gasteiger partial charge < -0.3 is 0 Å². The van der Waals surface area contributed by atoms with E-state index in [4.69, 9.17) is 5.53 Å². The Morgan fingerprint density at radius 1 is 1.00 bits per heavy atom. The van der Waals surface area contributed by atoms with Gasteiger partial charge in [-0.2, -0.15) is 0 Å². The van der Waals surface area contributed by atoms with E-state index in [1.807, 2.05) is 0 Å². The Bertz CT molecular complexity index is 231. The molecule has 0 saturated carbocycles. The monoisotopic (exact) mass is 207 g/mol. The molecule has 0 aromatic carbocycles. The van der Waals surface area contributed by atoms with Crippen molar-refractivity contribution in [1.82, 2.24) is 0 Å². The van der Waals surface area contributed by atoms with Gasteiger partial charge in [0.1, 0.15) is 0 Å². The van der Waals surface area contributed by atoms with Gasteiger partial charge in [0.25, 0.3) is 0 Å². The van der Waals surface area contributed by atoms with E-state index in [1.54, 1.807) is 0 Å². The molecule has 0 N–H and O–H groups in total. The van der Waals surface area contributed by atoms with E-state index in [1.165, 1.54) is 32.1 Å². The summed E-state index contributed by atoms with van der Waals surface area (Å²) in [6.45, 7) is 2.73. The minimum absolute atomic E-state index is 0.651. The first-order valence-corrected chi connectivity index (χ1v) is 5.88. The van der Waals surface area contributed by atoms with E-state index in [-0.39, 0.29) is 0 Å². The molecule has 0 unspecified atom stereocenters. The summed E-state index contributed by atoms with van der Waals surface area (Å²) in [5, 5.41) is 3.50. The minimum Gasteiger partial charge on any atom is -0.104 e. The predicted molar refractivity (Wildman–Crippen MR) is 64.4 cm³/mol. The molecule has 0 saturated heterocycles. The largest absolute Gasteiger partial charge is 0.104 e. The molecular formula is C12H21N3. The van der Waals surface area contributed by atoms with Crippen molar-refractivity contribution in [3.8, 4) is 11.8 Å². The van der Waals surface area contributed by atoms with Gasteiger partial charge in [0.05, 0.1) is 0 Å². The van der Waals surface area contributed by atoms with Crippen LogP contribution in [0.4, 0.5) is 0 Å². The van der Waals surface area contributed by atoms with Crippen molar-refractivity contribution in [1.29, 1.82) is 0 Å². The van der Waals surface area contributed by atoms with Crippen molar-refractivity contribution in [2.45, 2.75) is 58.3 Å². The van der Waals surface area contributed by atoms with Crippen LogP contribution < -0.4 is 0 Å². The van der Waals surface area contributed by atoms with E-state index in [0.29, 0.717) is 6.54 Å². The molecule has 84 valence electrons. The van der Waals surface area contributed by atoms with Crippen LogP contribution in [0.1, 0.15) is 58.3 Å². The second-order valence-corrected chi connectivity index (χ2v) is 3.53. The summed E-state index contributed by atoms with van der Waals surface area (Å²) in [6, 6.07) is 0. The average molecular weight is 207 g/mol. The molecule has 0 aliphatic heterocycles. The fourth-order valence-corrected chi connectivity index (χ4v) is 1.36. The summed E-state index contributed by atoms with van der Waals surface area (Å²) in [5.41, 5.74) is 8.06. The molecule has 0 amide bonds. The second kappa shape index (κ2) is 12.9. The van der Waals surface area contributed by atoms with Gasteiger partial charge in [-0.15, -0.1) is 11.8 Å². The summed E-state index contributed by atoms with van der Waals surface area (Å²) < 4.78 is 0. The standard InChI is InChI=1S/C12H21N3/c1-2-3-4-5-6-7-8-9-10-11-12-14-15-13/h2,5-12H2,1H3. The Hall–Kier alpha value is -1.13. The lowest BCUT2D eigenvalue weighted by Crippen LogP contribution is -1.82. The van der Waals surface area contributed by atoms with E-state index >= 15 is 0 Å². The molecule has 0 radical (unpaired) electrons. The highest BCUT2D eigenvalue weighted by Gasteiger charge is 1.89. The van der Waals surface area contributed by atoms with E-state index < -0.39 is 0 Å². The van der Waals surface area contributed by atoms with E-state index in [0.717, 1.165) is 19.3 Å². The lowest BCUT2D eigenvalue weighted by atomic mass is 10.1. The van der Waals surface area contributed by atoms with Crippen LogP contribution in [0.3, 0.4) is 0 Å².